The molecule has 1 aromatic heterocycles. The Bertz CT molecular complexity index is 468. The van der Waals surface area contributed by atoms with Crippen molar-refractivity contribution in [1.29, 1.82) is 0 Å². The second kappa shape index (κ2) is 5.68. The summed E-state index contributed by atoms with van der Waals surface area (Å²) in [5.41, 5.74) is 0.601. The van der Waals surface area contributed by atoms with Crippen molar-refractivity contribution in [2.45, 2.75) is 64.0 Å². The van der Waals surface area contributed by atoms with Gasteiger partial charge in [0.2, 0.25) is 0 Å². The fourth-order valence-corrected chi connectivity index (χ4v) is 3.89. The van der Waals surface area contributed by atoms with E-state index in [1.807, 2.05) is 10.9 Å². The lowest BCUT2D eigenvalue weighted by atomic mass is 9.87. The van der Waals surface area contributed by atoms with Crippen LogP contribution in [0.25, 0.3) is 0 Å². The summed E-state index contributed by atoms with van der Waals surface area (Å²) in [6.07, 6.45) is 11.7. The summed E-state index contributed by atoms with van der Waals surface area (Å²) in [5, 5.41) is 4.33. The van der Waals surface area contributed by atoms with Crippen molar-refractivity contribution in [3.63, 3.8) is 0 Å². The van der Waals surface area contributed by atoms with Crippen LogP contribution in [0.5, 0.6) is 0 Å². The van der Waals surface area contributed by atoms with E-state index in [1.165, 1.54) is 25.7 Å². The van der Waals surface area contributed by atoms with Crippen LogP contribution in [0.1, 0.15) is 62.2 Å². The molecule has 20 heavy (non-hydrogen) atoms. The molecule has 0 amide bonds. The van der Waals surface area contributed by atoms with Gasteiger partial charge in [-0.15, -0.1) is 0 Å². The minimum absolute atomic E-state index is 0.212. The fourth-order valence-electron chi connectivity index (χ4n) is 3.89. The third kappa shape index (κ3) is 2.30. The van der Waals surface area contributed by atoms with Crippen molar-refractivity contribution in [1.82, 2.24) is 14.7 Å². The van der Waals surface area contributed by atoms with Crippen molar-refractivity contribution >= 4 is 5.78 Å². The Morgan fingerprint density at radius 3 is 2.60 bits per heavy atom. The zero-order chi connectivity index (χ0) is 14.0. The lowest BCUT2D eigenvalue weighted by Crippen LogP contribution is -2.51. The van der Waals surface area contributed by atoms with Crippen LogP contribution in [0.2, 0.25) is 0 Å². The Kier molecular flexibility index (Phi) is 3.92. The van der Waals surface area contributed by atoms with E-state index in [1.54, 1.807) is 6.20 Å². The van der Waals surface area contributed by atoms with Gasteiger partial charge in [0, 0.05) is 12.7 Å². The number of aryl methyl sites for hydroxylation is 1. The molecule has 4 heteroatoms. The highest BCUT2D eigenvalue weighted by Crippen LogP contribution is 2.39. The minimum atomic E-state index is -0.212. The van der Waals surface area contributed by atoms with Gasteiger partial charge in [0.15, 0.2) is 5.78 Å². The number of ketones is 1. The average Bonchev–Trinajstić information content (AvgIpc) is 3.19. The maximum atomic E-state index is 13.1. The summed E-state index contributed by atoms with van der Waals surface area (Å²) in [7, 11) is 0. The molecule has 2 aliphatic rings. The Balaban J connectivity index is 1.84. The molecule has 0 unspecified atom stereocenters. The van der Waals surface area contributed by atoms with Crippen LogP contribution in [0.15, 0.2) is 12.4 Å². The molecule has 0 atom stereocenters. The third-order valence-corrected chi connectivity index (χ3v) is 4.91. The smallest absolute Gasteiger partial charge is 0.186 e. The number of likely N-dealkylation sites (tertiary alicyclic amines) is 1. The van der Waals surface area contributed by atoms with Crippen molar-refractivity contribution in [2.75, 3.05) is 13.1 Å². The quantitative estimate of drug-likeness (QED) is 0.776. The van der Waals surface area contributed by atoms with Crippen LogP contribution in [0, 0.1) is 0 Å². The molecule has 0 aromatic carbocycles. The van der Waals surface area contributed by atoms with Gasteiger partial charge in [-0.3, -0.25) is 14.4 Å². The number of hydrogen-bond acceptors (Lipinski definition) is 3. The molecule has 1 saturated heterocycles. The molecule has 110 valence electrons. The Hall–Kier alpha value is -1.16. The summed E-state index contributed by atoms with van der Waals surface area (Å²) >= 11 is 0. The maximum Gasteiger partial charge on any atom is 0.186 e. The van der Waals surface area contributed by atoms with E-state index >= 15 is 0 Å². The van der Waals surface area contributed by atoms with Crippen LogP contribution < -0.4 is 0 Å². The summed E-state index contributed by atoms with van der Waals surface area (Å²) in [5.74, 6) is 0.319. The zero-order valence-electron chi connectivity index (χ0n) is 12.5. The van der Waals surface area contributed by atoms with Crippen molar-refractivity contribution in [3.8, 4) is 0 Å². The molecule has 3 rings (SSSR count). The second-order valence-electron chi connectivity index (χ2n) is 6.25. The fraction of sp³-hybridized carbons (Fsp3) is 0.750. The number of hydrogen-bond donors (Lipinski definition) is 0. The Labute approximate surface area is 121 Å². The zero-order valence-corrected chi connectivity index (χ0v) is 12.5. The van der Waals surface area contributed by atoms with Crippen LogP contribution in [-0.4, -0.2) is 39.1 Å². The molecule has 4 nitrogen and oxygen atoms in total. The molecule has 2 heterocycles. The number of rotatable bonds is 5. The summed E-state index contributed by atoms with van der Waals surface area (Å²) < 4.78 is 1.90. The molecular weight excluding hydrogens is 250 g/mol. The topological polar surface area (TPSA) is 38.1 Å². The first-order valence-electron chi connectivity index (χ1n) is 8.08. The van der Waals surface area contributed by atoms with Gasteiger partial charge in [0.05, 0.1) is 17.3 Å². The molecular formula is C16H25N3O. The Morgan fingerprint density at radius 2 is 1.95 bits per heavy atom. The normalized spacial score (nSPS) is 22.4. The second-order valence-corrected chi connectivity index (χ2v) is 6.25. The van der Waals surface area contributed by atoms with Crippen molar-refractivity contribution < 1.29 is 4.79 Å². The van der Waals surface area contributed by atoms with Gasteiger partial charge in [-0.1, -0.05) is 19.8 Å². The molecule has 0 spiro atoms. The van der Waals surface area contributed by atoms with Gasteiger partial charge >= 0.3 is 0 Å². The van der Waals surface area contributed by atoms with Crippen LogP contribution >= 0.6 is 0 Å². The van der Waals surface area contributed by atoms with E-state index in [0.717, 1.165) is 44.5 Å². The number of aromatic nitrogens is 2. The largest absolute Gasteiger partial charge is 0.292 e. The number of Topliss-reactive ketones (excluding diaryl/α,β-unsaturated/α-hetero) is 1. The highest BCUT2D eigenvalue weighted by atomic mass is 16.1. The number of nitrogens with zero attached hydrogens (tertiary/aromatic N) is 3. The lowest BCUT2D eigenvalue weighted by Gasteiger charge is -2.37. The van der Waals surface area contributed by atoms with E-state index in [-0.39, 0.29) is 5.54 Å². The first kappa shape index (κ1) is 13.8. The molecule has 2 fully saturated rings. The summed E-state index contributed by atoms with van der Waals surface area (Å²) in [6.45, 7) is 5.21. The monoisotopic (exact) mass is 275 g/mol. The molecule has 0 radical (unpaired) electrons. The van der Waals surface area contributed by atoms with Crippen LogP contribution in [0.4, 0.5) is 0 Å². The predicted octanol–water partition coefficient (Wildman–Crippen LogP) is 2.88. The van der Waals surface area contributed by atoms with Crippen molar-refractivity contribution in [2.24, 2.45) is 0 Å². The average molecular weight is 275 g/mol. The van der Waals surface area contributed by atoms with Gasteiger partial charge < -0.3 is 0 Å². The third-order valence-electron chi connectivity index (χ3n) is 4.91. The highest BCUT2D eigenvalue weighted by molar-refractivity contribution is 6.03. The molecule has 1 aliphatic carbocycles. The van der Waals surface area contributed by atoms with E-state index in [9.17, 15) is 4.79 Å². The van der Waals surface area contributed by atoms with E-state index < -0.39 is 0 Å². The predicted molar refractivity (Wildman–Crippen MR) is 78.9 cm³/mol. The summed E-state index contributed by atoms with van der Waals surface area (Å²) in [4.78, 5) is 15.5. The van der Waals surface area contributed by atoms with Crippen LogP contribution in [-0.2, 0) is 6.54 Å². The lowest BCUT2D eigenvalue weighted by molar-refractivity contribution is 0.0626. The van der Waals surface area contributed by atoms with Gasteiger partial charge in [-0.25, -0.2) is 0 Å². The molecule has 0 bridgehead atoms. The number of carbonyl (C=O) groups excluding carboxylic acids is 1. The van der Waals surface area contributed by atoms with Gasteiger partial charge in [-0.05, 0) is 45.2 Å². The first-order valence-corrected chi connectivity index (χ1v) is 8.08. The van der Waals surface area contributed by atoms with E-state index in [0.29, 0.717) is 5.78 Å². The molecule has 0 N–H and O–H groups in total. The molecule has 1 saturated carbocycles. The van der Waals surface area contributed by atoms with Crippen molar-refractivity contribution in [3.05, 3.63) is 18.0 Å². The summed E-state index contributed by atoms with van der Waals surface area (Å²) in [6, 6.07) is 0. The Morgan fingerprint density at radius 1 is 1.25 bits per heavy atom. The van der Waals surface area contributed by atoms with Gasteiger partial charge in [0.25, 0.3) is 0 Å². The molecule has 1 aliphatic heterocycles. The van der Waals surface area contributed by atoms with E-state index in [2.05, 4.69) is 16.9 Å². The van der Waals surface area contributed by atoms with Crippen LogP contribution in [0.3, 0.4) is 0 Å². The SMILES string of the molecule is CCCn1cc(C(=O)C2(N3CCCC3)CCCC2)cn1. The standard InChI is InChI=1S/C16H25N3O/c1-2-9-19-13-14(12-17-19)15(20)16(7-3-4-8-16)18-10-5-6-11-18/h12-13H,2-11H2,1H3. The number of carbonyl (C=O) groups is 1. The minimum Gasteiger partial charge on any atom is -0.292 e. The maximum absolute atomic E-state index is 13.1. The molecule has 1 aromatic rings. The first-order chi connectivity index (χ1) is 9.76. The van der Waals surface area contributed by atoms with E-state index in [4.69, 9.17) is 0 Å². The van der Waals surface area contributed by atoms with Gasteiger partial charge in [-0.2, -0.15) is 5.10 Å². The highest BCUT2D eigenvalue weighted by Gasteiger charge is 2.47. The van der Waals surface area contributed by atoms with Gasteiger partial charge in [0.1, 0.15) is 0 Å².